The number of aryl methyl sites for hydroxylation is 3. The van der Waals surface area contributed by atoms with Crippen molar-refractivity contribution in [3.05, 3.63) is 50.3 Å². The van der Waals surface area contributed by atoms with E-state index in [9.17, 15) is 9.59 Å². The molecule has 3 rings (SSSR count). The van der Waals surface area contributed by atoms with Crippen LogP contribution in [0.25, 0.3) is 0 Å². The van der Waals surface area contributed by atoms with Gasteiger partial charge in [0.25, 0.3) is 5.56 Å². The van der Waals surface area contributed by atoms with E-state index >= 15 is 0 Å². The molecule has 0 spiro atoms. The Hall–Kier alpha value is -1.95. The highest BCUT2D eigenvalue weighted by atomic mass is 32.1. The lowest BCUT2D eigenvalue weighted by atomic mass is 9.98. The van der Waals surface area contributed by atoms with Gasteiger partial charge < -0.3 is 9.47 Å². The fourth-order valence-electron chi connectivity index (χ4n) is 3.10. The SMILES string of the molecule is Cc1nc([C@H]2CCCN(C(=O)CCn3ccccc3=O)C2)sc1C. The van der Waals surface area contributed by atoms with Gasteiger partial charge in [0.05, 0.1) is 10.7 Å². The van der Waals surface area contributed by atoms with Gasteiger partial charge in [-0.05, 0) is 32.8 Å². The summed E-state index contributed by atoms with van der Waals surface area (Å²) in [5.41, 5.74) is 1.04. The van der Waals surface area contributed by atoms with Crippen LogP contribution in [0, 0.1) is 13.8 Å². The maximum Gasteiger partial charge on any atom is 0.250 e. The van der Waals surface area contributed by atoms with Crippen LogP contribution < -0.4 is 5.56 Å². The number of piperidine rings is 1. The zero-order valence-corrected chi connectivity index (χ0v) is 15.0. The minimum absolute atomic E-state index is 0.0597. The maximum absolute atomic E-state index is 12.5. The number of hydrogen-bond donors (Lipinski definition) is 0. The normalized spacial score (nSPS) is 17.9. The minimum Gasteiger partial charge on any atom is -0.342 e. The Morgan fingerprint density at radius 3 is 2.92 bits per heavy atom. The molecule has 5 nitrogen and oxygen atoms in total. The number of likely N-dealkylation sites (tertiary alicyclic amines) is 1. The smallest absolute Gasteiger partial charge is 0.250 e. The number of nitrogens with zero attached hydrogens (tertiary/aromatic N) is 3. The zero-order valence-electron chi connectivity index (χ0n) is 14.2. The molecule has 1 aliphatic rings. The second kappa shape index (κ2) is 7.30. The summed E-state index contributed by atoms with van der Waals surface area (Å²) in [6.45, 7) is 6.13. The van der Waals surface area contributed by atoms with E-state index in [4.69, 9.17) is 0 Å². The Labute approximate surface area is 146 Å². The van der Waals surface area contributed by atoms with E-state index in [-0.39, 0.29) is 11.5 Å². The predicted octanol–water partition coefficient (Wildman–Crippen LogP) is 2.72. The molecule has 128 valence electrons. The van der Waals surface area contributed by atoms with Crippen LogP contribution in [0.2, 0.25) is 0 Å². The Kier molecular flexibility index (Phi) is 5.14. The third-order valence-corrected chi connectivity index (χ3v) is 5.87. The van der Waals surface area contributed by atoms with Crippen LogP contribution in [-0.4, -0.2) is 33.4 Å². The topological polar surface area (TPSA) is 55.2 Å². The quantitative estimate of drug-likeness (QED) is 0.856. The fraction of sp³-hybridized carbons (Fsp3) is 0.500. The third-order valence-electron chi connectivity index (χ3n) is 4.63. The first-order chi connectivity index (χ1) is 11.5. The molecule has 0 aromatic carbocycles. The molecule has 0 unspecified atom stereocenters. The standard InChI is InChI=1S/C18H23N3O2S/c1-13-14(2)24-18(19-13)15-6-5-10-21(12-15)17(23)8-11-20-9-4-3-7-16(20)22/h3-4,7,9,15H,5-6,8,10-12H2,1-2H3/t15-/m0/s1. The van der Waals surface area contributed by atoms with Crippen LogP contribution in [0.3, 0.4) is 0 Å². The number of carbonyl (C=O) groups excluding carboxylic acids is 1. The highest BCUT2D eigenvalue weighted by Gasteiger charge is 2.26. The van der Waals surface area contributed by atoms with Gasteiger partial charge in [-0.15, -0.1) is 11.3 Å². The van der Waals surface area contributed by atoms with Crippen molar-refractivity contribution < 1.29 is 4.79 Å². The van der Waals surface area contributed by atoms with Crippen LogP contribution in [0.1, 0.15) is 40.8 Å². The van der Waals surface area contributed by atoms with Gasteiger partial charge in [0, 0.05) is 49.1 Å². The van der Waals surface area contributed by atoms with E-state index in [2.05, 4.69) is 11.9 Å². The molecule has 1 amide bonds. The summed E-state index contributed by atoms with van der Waals surface area (Å²) in [5, 5.41) is 1.15. The average molecular weight is 345 g/mol. The van der Waals surface area contributed by atoms with Gasteiger partial charge in [-0.3, -0.25) is 9.59 Å². The Morgan fingerprint density at radius 1 is 1.38 bits per heavy atom. The summed E-state index contributed by atoms with van der Waals surface area (Å²) < 4.78 is 1.59. The van der Waals surface area contributed by atoms with E-state index in [0.29, 0.717) is 18.9 Å². The van der Waals surface area contributed by atoms with Crippen molar-refractivity contribution in [2.75, 3.05) is 13.1 Å². The van der Waals surface area contributed by atoms with Gasteiger partial charge in [-0.25, -0.2) is 4.98 Å². The van der Waals surface area contributed by atoms with Crippen LogP contribution >= 0.6 is 11.3 Å². The summed E-state index contributed by atoms with van der Waals surface area (Å²) in [7, 11) is 0. The van der Waals surface area contributed by atoms with Crippen molar-refractivity contribution >= 4 is 17.2 Å². The van der Waals surface area contributed by atoms with Crippen molar-refractivity contribution in [2.24, 2.45) is 0 Å². The third kappa shape index (κ3) is 3.75. The lowest BCUT2D eigenvalue weighted by Gasteiger charge is -2.32. The second-order valence-electron chi connectivity index (χ2n) is 6.35. The van der Waals surface area contributed by atoms with Gasteiger partial charge in [0.15, 0.2) is 0 Å². The maximum atomic E-state index is 12.5. The number of amides is 1. The summed E-state index contributed by atoms with van der Waals surface area (Å²) in [4.78, 5) is 32.1. The molecule has 2 aromatic heterocycles. The van der Waals surface area contributed by atoms with E-state index in [1.54, 1.807) is 28.2 Å². The van der Waals surface area contributed by atoms with Crippen LogP contribution in [0.5, 0.6) is 0 Å². The summed E-state index contributed by atoms with van der Waals surface area (Å²) in [6, 6.07) is 5.05. The number of carbonyl (C=O) groups is 1. The molecule has 0 bridgehead atoms. The van der Waals surface area contributed by atoms with Crippen LogP contribution in [-0.2, 0) is 11.3 Å². The molecule has 1 atom stereocenters. The number of pyridine rings is 1. The van der Waals surface area contributed by atoms with E-state index in [1.807, 2.05) is 17.9 Å². The zero-order chi connectivity index (χ0) is 17.1. The second-order valence-corrected chi connectivity index (χ2v) is 7.59. The van der Waals surface area contributed by atoms with Crippen molar-refractivity contribution in [1.29, 1.82) is 0 Å². The van der Waals surface area contributed by atoms with E-state index in [1.165, 1.54) is 10.9 Å². The summed E-state index contributed by atoms with van der Waals surface area (Å²) in [5.74, 6) is 0.472. The number of hydrogen-bond acceptors (Lipinski definition) is 4. The first-order valence-corrected chi connectivity index (χ1v) is 9.23. The molecule has 0 saturated carbocycles. The van der Waals surface area contributed by atoms with E-state index in [0.717, 1.165) is 36.6 Å². The van der Waals surface area contributed by atoms with Gasteiger partial charge in [-0.1, -0.05) is 6.07 Å². The summed E-state index contributed by atoms with van der Waals surface area (Å²) >= 11 is 1.75. The Balaban J connectivity index is 1.61. The van der Waals surface area contributed by atoms with Gasteiger partial charge in [0.1, 0.15) is 0 Å². The molecule has 0 radical (unpaired) electrons. The largest absolute Gasteiger partial charge is 0.342 e. The molecular weight excluding hydrogens is 322 g/mol. The van der Waals surface area contributed by atoms with Crippen LogP contribution in [0.4, 0.5) is 0 Å². The lowest BCUT2D eigenvalue weighted by molar-refractivity contribution is -0.132. The molecule has 0 N–H and O–H groups in total. The number of thiazole rings is 1. The molecule has 0 aliphatic carbocycles. The molecule has 1 fully saturated rings. The predicted molar refractivity (Wildman–Crippen MR) is 95.5 cm³/mol. The first-order valence-electron chi connectivity index (χ1n) is 8.42. The van der Waals surface area contributed by atoms with Gasteiger partial charge >= 0.3 is 0 Å². The number of aromatic nitrogens is 2. The van der Waals surface area contributed by atoms with Gasteiger partial charge in [-0.2, -0.15) is 0 Å². The highest BCUT2D eigenvalue weighted by Crippen LogP contribution is 2.31. The molecule has 1 saturated heterocycles. The average Bonchev–Trinajstić information content (AvgIpc) is 2.93. The van der Waals surface area contributed by atoms with E-state index < -0.39 is 0 Å². The van der Waals surface area contributed by atoms with Crippen molar-refractivity contribution in [3.8, 4) is 0 Å². The molecule has 2 aromatic rings. The Morgan fingerprint density at radius 2 is 2.21 bits per heavy atom. The molecule has 3 heterocycles. The minimum atomic E-state index is -0.0597. The molecule has 1 aliphatic heterocycles. The van der Waals surface area contributed by atoms with Crippen molar-refractivity contribution in [3.63, 3.8) is 0 Å². The van der Waals surface area contributed by atoms with Crippen molar-refractivity contribution in [2.45, 2.75) is 45.6 Å². The first kappa shape index (κ1) is 16.9. The lowest BCUT2D eigenvalue weighted by Crippen LogP contribution is -2.39. The summed E-state index contributed by atoms with van der Waals surface area (Å²) in [6.07, 6.45) is 4.20. The molecule has 6 heteroatoms. The number of rotatable bonds is 4. The highest BCUT2D eigenvalue weighted by molar-refractivity contribution is 7.11. The Bertz CT molecular complexity index is 761. The molecule has 24 heavy (non-hydrogen) atoms. The monoisotopic (exact) mass is 345 g/mol. The van der Waals surface area contributed by atoms with Crippen LogP contribution in [0.15, 0.2) is 29.2 Å². The van der Waals surface area contributed by atoms with Gasteiger partial charge in [0.2, 0.25) is 5.91 Å². The fourth-order valence-corrected chi connectivity index (χ4v) is 4.15. The molecular formula is C18H23N3O2S. The van der Waals surface area contributed by atoms with Crippen molar-refractivity contribution in [1.82, 2.24) is 14.5 Å².